The molecule has 2 aromatic carbocycles. The molecule has 8 nitrogen and oxygen atoms in total. The van der Waals surface area contributed by atoms with Crippen LogP contribution in [0, 0.1) is 5.92 Å². The van der Waals surface area contributed by atoms with Crippen molar-refractivity contribution in [1.82, 2.24) is 0 Å². The second-order valence-corrected chi connectivity index (χ2v) is 7.42. The first kappa shape index (κ1) is 20.2. The Hall–Kier alpha value is -3.13. The molecule has 0 unspecified atom stereocenters. The van der Waals surface area contributed by atoms with E-state index in [1.807, 2.05) is 0 Å². The molecule has 160 valence electrons. The highest BCUT2D eigenvalue weighted by Crippen LogP contribution is 2.53. The number of carbonyl (C=O) groups is 1. The van der Waals surface area contributed by atoms with E-state index in [0.29, 0.717) is 45.6 Å². The molecule has 0 amide bonds. The summed E-state index contributed by atoms with van der Waals surface area (Å²) < 4.78 is 33.2. The van der Waals surface area contributed by atoms with Gasteiger partial charge < -0.3 is 33.5 Å². The van der Waals surface area contributed by atoms with Gasteiger partial charge in [-0.25, -0.2) is 0 Å². The van der Waals surface area contributed by atoms with E-state index in [4.69, 9.17) is 28.4 Å². The molecule has 0 bridgehead atoms. The minimum Gasteiger partial charge on any atom is -0.493 e. The molecule has 0 fully saturated rings. The smallest absolute Gasteiger partial charge is 0.231 e. The Balaban J connectivity index is 1.98. The van der Waals surface area contributed by atoms with Crippen molar-refractivity contribution in [3.05, 3.63) is 35.4 Å². The zero-order chi connectivity index (χ0) is 21.6. The van der Waals surface area contributed by atoms with Crippen LogP contribution in [0.1, 0.15) is 30.9 Å². The number of Topliss-reactive ketones (excluding diaryl/α,β-unsaturated/α-hetero) is 1. The molecular formula is C22H24O8. The summed E-state index contributed by atoms with van der Waals surface area (Å²) in [6.07, 6.45) is 0. The van der Waals surface area contributed by atoms with Gasteiger partial charge >= 0.3 is 0 Å². The molecule has 3 atom stereocenters. The summed E-state index contributed by atoms with van der Waals surface area (Å²) in [4.78, 5) is 12.7. The third kappa shape index (κ3) is 3.08. The molecule has 2 aliphatic heterocycles. The number of fused-ring (bicyclic) bond motifs is 2. The van der Waals surface area contributed by atoms with E-state index < -0.39 is 17.6 Å². The largest absolute Gasteiger partial charge is 0.493 e. The molecule has 0 saturated carbocycles. The van der Waals surface area contributed by atoms with Gasteiger partial charge in [0, 0.05) is 24.5 Å². The van der Waals surface area contributed by atoms with Crippen LogP contribution in [-0.4, -0.2) is 44.8 Å². The highest BCUT2D eigenvalue weighted by Gasteiger charge is 2.50. The maximum atomic E-state index is 12.7. The second kappa shape index (κ2) is 7.28. The van der Waals surface area contributed by atoms with E-state index in [1.54, 1.807) is 24.3 Å². The monoisotopic (exact) mass is 416 g/mol. The summed E-state index contributed by atoms with van der Waals surface area (Å²) in [7, 11) is 4.57. The molecule has 0 radical (unpaired) electrons. The van der Waals surface area contributed by atoms with Crippen molar-refractivity contribution in [2.24, 2.45) is 5.92 Å². The van der Waals surface area contributed by atoms with E-state index in [9.17, 15) is 9.90 Å². The number of methoxy groups -OCH3 is 3. The van der Waals surface area contributed by atoms with Gasteiger partial charge in [0.2, 0.25) is 18.3 Å². The fraction of sp³-hybridized carbons (Fsp3) is 0.409. The van der Waals surface area contributed by atoms with Crippen LogP contribution in [-0.2, 0) is 4.79 Å². The highest BCUT2D eigenvalue weighted by molar-refractivity contribution is 5.82. The quantitative estimate of drug-likeness (QED) is 0.796. The van der Waals surface area contributed by atoms with E-state index in [-0.39, 0.29) is 12.6 Å². The minimum atomic E-state index is -1.74. The van der Waals surface area contributed by atoms with Crippen LogP contribution in [0.5, 0.6) is 34.5 Å². The normalized spacial score (nSPS) is 23.9. The SMILES string of the molecule is COc1cc([C@@H]2c3cc4c(cc3O[C@@](C)(O)[C@H]2C(C)=O)OCO4)cc(OC)c1OC. The number of benzene rings is 2. The molecule has 0 aromatic heterocycles. The van der Waals surface area contributed by atoms with Gasteiger partial charge in [-0.05, 0) is 30.7 Å². The summed E-state index contributed by atoms with van der Waals surface area (Å²) in [5, 5.41) is 11.1. The average Bonchev–Trinajstić information content (AvgIpc) is 3.16. The Morgan fingerprint density at radius 3 is 2.13 bits per heavy atom. The Labute approximate surface area is 174 Å². The molecular weight excluding hydrogens is 392 g/mol. The highest BCUT2D eigenvalue weighted by atomic mass is 16.7. The Kier molecular flexibility index (Phi) is 4.89. The van der Waals surface area contributed by atoms with Crippen LogP contribution >= 0.6 is 0 Å². The Bertz CT molecular complexity index is 972. The molecule has 30 heavy (non-hydrogen) atoms. The topological polar surface area (TPSA) is 92.7 Å². The van der Waals surface area contributed by atoms with Crippen LogP contribution in [0.25, 0.3) is 0 Å². The number of hydrogen-bond donors (Lipinski definition) is 1. The summed E-state index contributed by atoms with van der Waals surface area (Å²) in [5.74, 6) is -0.566. The molecule has 1 N–H and O–H groups in total. The summed E-state index contributed by atoms with van der Waals surface area (Å²) in [6, 6.07) is 7.01. The number of hydrogen-bond acceptors (Lipinski definition) is 8. The van der Waals surface area contributed by atoms with Crippen LogP contribution in [0.4, 0.5) is 0 Å². The first-order valence-electron chi connectivity index (χ1n) is 9.46. The molecule has 4 rings (SSSR count). The molecule has 2 aliphatic rings. The van der Waals surface area contributed by atoms with E-state index in [0.717, 1.165) is 0 Å². The zero-order valence-electron chi connectivity index (χ0n) is 17.5. The number of aliphatic hydroxyl groups is 1. The predicted molar refractivity (Wildman–Crippen MR) is 106 cm³/mol. The lowest BCUT2D eigenvalue weighted by Gasteiger charge is -2.42. The van der Waals surface area contributed by atoms with Crippen molar-refractivity contribution in [3.63, 3.8) is 0 Å². The lowest BCUT2D eigenvalue weighted by atomic mass is 9.72. The van der Waals surface area contributed by atoms with Gasteiger partial charge in [0.1, 0.15) is 11.5 Å². The van der Waals surface area contributed by atoms with Gasteiger partial charge in [0.15, 0.2) is 23.0 Å². The van der Waals surface area contributed by atoms with Gasteiger partial charge in [0.25, 0.3) is 0 Å². The van der Waals surface area contributed by atoms with Crippen molar-refractivity contribution in [3.8, 4) is 34.5 Å². The van der Waals surface area contributed by atoms with Crippen LogP contribution in [0.2, 0.25) is 0 Å². The lowest BCUT2D eigenvalue weighted by molar-refractivity contribution is -0.181. The maximum absolute atomic E-state index is 12.7. The fourth-order valence-corrected chi connectivity index (χ4v) is 4.31. The molecule has 0 spiro atoms. The number of ketones is 1. The average molecular weight is 416 g/mol. The Morgan fingerprint density at radius 2 is 1.60 bits per heavy atom. The Morgan fingerprint density at radius 1 is 1.00 bits per heavy atom. The first-order valence-corrected chi connectivity index (χ1v) is 9.46. The molecule has 0 saturated heterocycles. The second-order valence-electron chi connectivity index (χ2n) is 7.42. The predicted octanol–water partition coefficient (Wildman–Crippen LogP) is 2.88. The van der Waals surface area contributed by atoms with Crippen molar-refractivity contribution < 1.29 is 38.3 Å². The number of ether oxygens (including phenoxy) is 6. The van der Waals surface area contributed by atoms with Crippen molar-refractivity contribution >= 4 is 5.78 Å². The van der Waals surface area contributed by atoms with E-state index in [1.165, 1.54) is 35.2 Å². The standard InChI is InChI=1S/C22H24O8/c1-11(23)20-19(12-6-17(25-3)21(27-5)18(7-12)26-4)13-8-15-16(29-10-28-15)9-14(13)30-22(20,2)24/h6-9,19-20,24H,10H2,1-5H3/t19-,20+,22-/m1/s1. The zero-order valence-corrected chi connectivity index (χ0v) is 17.5. The minimum absolute atomic E-state index is 0.0968. The van der Waals surface area contributed by atoms with Gasteiger partial charge in [-0.1, -0.05) is 0 Å². The molecule has 2 heterocycles. The van der Waals surface area contributed by atoms with Crippen LogP contribution in [0.3, 0.4) is 0 Å². The maximum Gasteiger partial charge on any atom is 0.231 e. The van der Waals surface area contributed by atoms with E-state index in [2.05, 4.69) is 0 Å². The summed E-state index contributed by atoms with van der Waals surface area (Å²) in [5.41, 5.74) is 1.40. The molecule has 0 aliphatic carbocycles. The fourth-order valence-electron chi connectivity index (χ4n) is 4.31. The van der Waals surface area contributed by atoms with Crippen LogP contribution in [0.15, 0.2) is 24.3 Å². The molecule has 8 heteroatoms. The van der Waals surface area contributed by atoms with Gasteiger partial charge in [0.05, 0.1) is 27.2 Å². The summed E-state index contributed by atoms with van der Waals surface area (Å²) in [6.45, 7) is 3.02. The van der Waals surface area contributed by atoms with Gasteiger partial charge in [-0.3, -0.25) is 4.79 Å². The first-order chi connectivity index (χ1) is 14.3. The third-order valence-electron chi connectivity index (χ3n) is 5.55. The van der Waals surface area contributed by atoms with E-state index >= 15 is 0 Å². The van der Waals surface area contributed by atoms with Crippen molar-refractivity contribution in [2.75, 3.05) is 28.1 Å². The number of rotatable bonds is 5. The van der Waals surface area contributed by atoms with Crippen LogP contribution < -0.4 is 28.4 Å². The third-order valence-corrected chi connectivity index (χ3v) is 5.55. The van der Waals surface area contributed by atoms with Crippen molar-refractivity contribution in [2.45, 2.75) is 25.6 Å². The van der Waals surface area contributed by atoms with Crippen molar-refractivity contribution in [1.29, 1.82) is 0 Å². The number of carbonyl (C=O) groups excluding carboxylic acids is 1. The van der Waals surface area contributed by atoms with Gasteiger partial charge in [-0.2, -0.15) is 0 Å². The summed E-state index contributed by atoms with van der Waals surface area (Å²) >= 11 is 0. The lowest BCUT2D eigenvalue weighted by Crippen LogP contribution is -2.50. The molecule has 2 aromatic rings. The van der Waals surface area contributed by atoms with Gasteiger partial charge in [-0.15, -0.1) is 0 Å².